The second-order valence-corrected chi connectivity index (χ2v) is 8.36. The molecule has 0 spiro atoms. The van der Waals surface area contributed by atoms with Gasteiger partial charge in [-0.25, -0.2) is 18.1 Å². The highest BCUT2D eigenvalue weighted by molar-refractivity contribution is 7.89. The van der Waals surface area contributed by atoms with E-state index < -0.39 is 16.1 Å². The number of sulfonamides is 1. The molecule has 2 unspecified atom stereocenters. The summed E-state index contributed by atoms with van der Waals surface area (Å²) in [5.41, 5.74) is 0.273. The lowest BCUT2D eigenvalue weighted by Crippen LogP contribution is -2.45. The van der Waals surface area contributed by atoms with Crippen LogP contribution in [0.25, 0.3) is 11.0 Å². The first-order valence-electron chi connectivity index (χ1n) is 7.26. The molecular formula is C14H20N4O3S. The van der Waals surface area contributed by atoms with Gasteiger partial charge in [0.05, 0.1) is 11.5 Å². The number of nitrogens with zero attached hydrogens (tertiary/aromatic N) is 2. The Labute approximate surface area is 129 Å². The van der Waals surface area contributed by atoms with Crippen LogP contribution in [0.5, 0.6) is 0 Å². The number of aliphatic hydroxyl groups excluding tert-OH is 1. The van der Waals surface area contributed by atoms with Gasteiger partial charge < -0.3 is 5.11 Å². The summed E-state index contributed by atoms with van der Waals surface area (Å²) in [6, 6.07) is 3.04. The summed E-state index contributed by atoms with van der Waals surface area (Å²) in [6.45, 7) is 4.07. The summed E-state index contributed by atoms with van der Waals surface area (Å²) < 4.78 is 27.9. The van der Waals surface area contributed by atoms with Gasteiger partial charge in [0, 0.05) is 12.2 Å². The van der Waals surface area contributed by atoms with Gasteiger partial charge in [-0.3, -0.25) is 5.10 Å². The van der Waals surface area contributed by atoms with Crippen molar-refractivity contribution in [2.75, 3.05) is 0 Å². The zero-order valence-electron chi connectivity index (χ0n) is 12.6. The number of rotatable bonds is 3. The molecule has 0 aliphatic heterocycles. The van der Waals surface area contributed by atoms with Gasteiger partial charge in [0.1, 0.15) is 0 Å². The van der Waals surface area contributed by atoms with Crippen molar-refractivity contribution >= 4 is 21.1 Å². The Hall–Kier alpha value is -1.51. The number of H-pyrrole nitrogens is 1. The van der Waals surface area contributed by atoms with E-state index in [1.807, 2.05) is 13.8 Å². The quantitative estimate of drug-likeness (QED) is 0.785. The molecule has 8 heteroatoms. The van der Waals surface area contributed by atoms with Crippen molar-refractivity contribution < 1.29 is 13.5 Å². The second-order valence-electron chi connectivity index (χ2n) is 6.71. The summed E-state index contributed by atoms with van der Waals surface area (Å²) >= 11 is 0. The van der Waals surface area contributed by atoms with Gasteiger partial charge in [-0.05, 0) is 36.8 Å². The van der Waals surface area contributed by atoms with Crippen LogP contribution < -0.4 is 4.72 Å². The van der Waals surface area contributed by atoms with Gasteiger partial charge in [0.2, 0.25) is 0 Å². The molecule has 0 saturated heterocycles. The molecule has 0 bridgehead atoms. The molecule has 3 rings (SSSR count). The molecular weight excluding hydrogens is 304 g/mol. The Morgan fingerprint density at radius 3 is 2.91 bits per heavy atom. The van der Waals surface area contributed by atoms with Crippen LogP contribution in [0.3, 0.4) is 0 Å². The molecule has 1 fully saturated rings. The van der Waals surface area contributed by atoms with Gasteiger partial charge >= 0.3 is 0 Å². The predicted octanol–water partition coefficient (Wildman–Crippen LogP) is 1.18. The fourth-order valence-corrected chi connectivity index (χ4v) is 4.63. The van der Waals surface area contributed by atoms with E-state index >= 15 is 0 Å². The molecule has 2 aromatic rings. The van der Waals surface area contributed by atoms with Crippen LogP contribution >= 0.6 is 0 Å². The van der Waals surface area contributed by atoms with E-state index in [-0.39, 0.29) is 16.5 Å². The third kappa shape index (κ3) is 2.99. The van der Waals surface area contributed by atoms with E-state index in [9.17, 15) is 13.5 Å². The van der Waals surface area contributed by atoms with E-state index in [4.69, 9.17) is 0 Å². The average molecular weight is 324 g/mol. The highest BCUT2D eigenvalue weighted by atomic mass is 32.2. The van der Waals surface area contributed by atoms with Gasteiger partial charge in [-0.1, -0.05) is 13.8 Å². The minimum atomic E-state index is -3.74. The number of nitrogens with one attached hydrogen (secondary N) is 2. The first-order valence-corrected chi connectivity index (χ1v) is 8.75. The van der Waals surface area contributed by atoms with E-state index in [0.29, 0.717) is 30.3 Å². The lowest BCUT2D eigenvalue weighted by molar-refractivity contribution is 0.0521. The summed E-state index contributed by atoms with van der Waals surface area (Å²) in [4.78, 5) is 4.02. The normalized spacial score (nSPS) is 25.4. The van der Waals surface area contributed by atoms with Crippen LogP contribution in [0, 0.1) is 5.41 Å². The van der Waals surface area contributed by atoms with E-state index in [1.54, 1.807) is 18.3 Å². The number of fused-ring (bicyclic) bond motifs is 1. The van der Waals surface area contributed by atoms with Crippen molar-refractivity contribution in [2.45, 2.75) is 50.3 Å². The van der Waals surface area contributed by atoms with Crippen molar-refractivity contribution in [1.82, 2.24) is 19.9 Å². The molecule has 2 heterocycles. The Kier molecular flexibility index (Phi) is 3.70. The number of aromatic nitrogens is 3. The molecule has 1 aliphatic carbocycles. The fraction of sp³-hybridized carbons (Fsp3) is 0.571. The monoisotopic (exact) mass is 324 g/mol. The van der Waals surface area contributed by atoms with Gasteiger partial charge in [-0.2, -0.15) is 5.10 Å². The Bertz CT molecular complexity index is 784. The standard InChI is InChI=1S/C14H20N4O3S/c1-14(2)7-9(6-10(19)8-14)18-22(20,21)13-11-4-3-5-15-12(11)16-17-13/h3-5,9-10,18-19H,6-8H2,1-2H3,(H,15,16,17). The Balaban J connectivity index is 1.88. The maximum Gasteiger partial charge on any atom is 0.258 e. The van der Waals surface area contributed by atoms with Crippen molar-refractivity contribution in [3.63, 3.8) is 0 Å². The number of hydrogen-bond donors (Lipinski definition) is 3. The zero-order valence-corrected chi connectivity index (χ0v) is 13.4. The lowest BCUT2D eigenvalue weighted by Gasteiger charge is -2.38. The van der Waals surface area contributed by atoms with Crippen molar-refractivity contribution in [2.24, 2.45) is 5.41 Å². The van der Waals surface area contributed by atoms with Gasteiger partial charge in [0.25, 0.3) is 10.0 Å². The van der Waals surface area contributed by atoms with Crippen LogP contribution in [-0.4, -0.2) is 40.9 Å². The highest BCUT2D eigenvalue weighted by Crippen LogP contribution is 2.36. The van der Waals surface area contributed by atoms with Gasteiger partial charge in [-0.15, -0.1) is 0 Å². The molecule has 120 valence electrons. The summed E-state index contributed by atoms with van der Waals surface area (Å²) in [5.74, 6) is 0. The molecule has 7 nitrogen and oxygen atoms in total. The smallest absolute Gasteiger partial charge is 0.258 e. The van der Waals surface area contributed by atoms with Crippen LogP contribution in [0.4, 0.5) is 0 Å². The molecule has 0 amide bonds. The molecule has 0 aromatic carbocycles. The van der Waals surface area contributed by atoms with E-state index in [0.717, 1.165) is 0 Å². The zero-order chi connectivity index (χ0) is 16.0. The molecule has 0 radical (unpaired) electrons. The summed E-state index contributed by atoms with van der Waals surface area (Å²) in [7, 11) is -3.74. The maximum atomic E-state index is 12.6. The number of aliphatic hydroxyl groups is 1. The van der Waals surface area contributed by atoms with Crippen molar-refractivity contribution in [3.05, 3.63) is 18.3 Å². The van der Waals surface area contributed by atoms with E-state index in [1.165, 1.54) is 0 Å². The molecule has 3 N–H and O–H groups in total. The molecule has 2 atom stereocenters. The fourth-order valence-electron chi connectivity index (χ4n) is 3.28. The first-order chi connectivity index (χ1) is 10.3. The molecule has 22 heavy (non-hydrogen) atoms. The van der Waals surface area contributed by atoms with Crippen LogP contribution in [0.1, 0.15) is 33.1 Å². The minimum Gasteiger partial charge on any atom is -0.393 e. The van der Waals surface area contributed by atoms with Crippen molar-refractivity contribution in [1.29, 1.82) is 0 Å². The summed E-state index contributed by atoms with van der Waals surface area (Å²) in [6.07, 6.45) is 2.87. The molecule has 1 aliphatic rings. The van der Waals surface area contributed by atoms with Crippen LogP contribution in [0.2, 0.25) is 0 Å². The molecule has 1 saturated carbocycles. The van der Waals surface area contributed by atoms with Gasteiger partial charge in [0.15, 0.2) is 10.7 Å². The topological polar surface area (TPSA) is 108 Å². The predicted molar refractivity (Wildman–Crippen MR) is 81.6 cm³/mol. The average Bonchev–Trinajstić information content (AvgIpc) is 2.79. The largest absolute Gasteiger partial charge is 0.393 e. The van der Waals surface area contributed by atoms with Crippen molar-refractivity contribution in [3.8, 4) is 0 Å². The van der Waals surface area contributed by atoms with Crippen LogP contribution in [0.15, 0.2) is 23.4 Å². The number of hydrogen-bond acceptors (Lipinski definition) is 5. The Morgan fingerprint density at radius 2 is 2.18 bits per heavy atom. The summed E-state index contributed by atoms with van der Waals surface area (Å²) in [5, 5.41) is 16.9. The third-order valence-corrected chi connectivity index (χ3v) is 5.52. The minimum absolute atomic E-state index is 0.0217. The lowest BCUT2D eigenvalue weighted by atomic mass is 9.74. The number of aromatic amines is 1. The first kappa shape index (κ1) is 15.4. The SMILES string of the molecule is CC1(C)CC(O)CC(NS(=O)(=O)c2[nH]nc3ncccc23)C1. The molecule has 2 aromatic heterocycles. The highest BCUT2D eigenvalue weighted by Gasteiger charge is 2.36. The third-order valence-electron chi connectivity index (χ3n) is 4.03. The number of pyridine rings is 1. The second kappa shape index (κ2) is 5.29. The Morgan fingerprint density at radius 1 is 1.41 bits per heavy atom. The van der Waals surface area contributed by atoms with E-state index in [2.05, 4.69) is 19.9 Å². The maximum absolute atomic E-state index is 12.6. The van der Waals surface area contributed by atoms with Crippen LogP contribution in [-0.2, 0) is 10.0 Å².